The van der Waals surface area contributed by atoms with Crippen LogP contribution in [0.1, 0.15) is 10.5 Å². The Bertz CT molecular complexity index is 721. The molecular weight excluding hydrogens is 270 g/mol. The molecule has 8 heteroatoms. The van der Waals surface area contributed by atoms with Crippen LogP contribution in [0, 0.1) is 0 Å². The number of rotatable bonds is 4. The number of carboxylic acids is 1. The number of anilines is 1. The van der Waals surface area contributed by atoms with Gasteiger partial charge in [0.05, 0.1) is 0 Å². The number of nitrogens with one attached hydrogen (secondary N) is 1. The summed E-state index contributed by atoms with van der Waals surface area (Å²) in [5.74, 6) is -1.26. The number of nitrogens with zero attached hydrogens (tertiary/aromatic N) is 2. The van der Waals surface area contributed by atoms with Gasteiger partial charge in [-0.15, -0.1) is 0 Å². The van der Waals surface area contributed by atoms with Crippen molar-refractivity contribution in [1.82, 2.24) is 9.55 Å². The van der Waals surface area contributed by atoms with Crippen molar-refractivity contribution in [3.63, 3.8) is 0 Å². The zero-order valence-electron chi connectivity index (χ0n) is 9.94. The Morgan fingerprint density at radius 3 is 2.68 bits per heavy atom. The maximum atomic E-state index is 12.0. The third kappa shape index (κ3) is 2.91. The number of hydrogen-bond donors (Lipinski definition) is 2. The van der Waals surface area contributed by atoms with Crippen LogP contribution in [-0.4, -0.2) is 29.0 Å². The Hall–Kier alpha value is -2.35. The van der Waals surface area contributed by atoms with Crippen LogP contribution in [-0.2, 0) is 17.1 Å². The van der Waals surface area contributed by atoms with Gasteiger partial charge in [-0.25, -0.2) is 18.2 Å². The Labute approximate surface area is 109 Å². The van der Waals surface area contributed by atoms with Gasteiger partial charge in [0.1, 0.15) is 10.7 Å². The number of aryl methyl sites for hydroxylation is 1. The molecular formula is C11H11N3O4S. The maximum Gasteiger partial charge on any atom is 0.354 e. The number of sulfonamides is 1. The highest BCUT2D eigenvalue weighted by Crippen LogP contribution is 2.14. The predicted molar refractivity (Wildman–Crippen MR) is 67.4 cm³/mol. The average Bonchev–Trinajstić information content (AvgIpc) is 2.76. The number of carbonyl (C=O) groups is 1. The van der Waals surface area contributed by atoms with Crippen LogP contribution in [0.4, 0.5) is 5.82 Å². The normalized spacial score (nSPS) is 11.2. The van der Waals surface area contributed by atoms with Gasteiger partial charge in [-0.05, 0) is 18.2 Å². The van der Waals surface area contributed by atoms with Crippen LogP contribution < -0.4 is 4.72 Å². The topological polar surface area (TPSA) is 101 Å². The molecule has 0 spiro atoms. The van der Waals surface area contributed by atoms with Crippen molar-refractivity contribution in [2.75, 3.05) is 4.72 Å². The molecule has 0 aliphatic carbocycles. The Balaban J connectivity index is 2.30. The molecule has 0 atom stereocenters. The first kappa shape index (κ1) is 13.1. The van der Waals surface area contributed by atoms with E-state index in [1.807, 2.05) is 0 Å². The first-order chi connectivity index (χ1) is 8.88. The minimum absolute atomic E-state index is 0.0382. The van der Waals surface area contributed by atoms with E-state index in [0.717, 1.165) is 0 Å². The lowest BCUT2D eigenvalue weighted by Gasteiger charge is -2.06. The largest absolute Gasteiger partial charge is 0.477 e. The number of pyridine rings is 1. The van der Waals surface area contributed by atoms with E-state index in [9.17, 15) is 13.2 Å². The van der Waals surface area contributed by atoms with Crippen molar-refractivity contribution >= 4 is 21.8 Å². The Morgan fingerprint density at radius 2 is 2.11 bits per heavy atom. The zero-order valence-corrected chi connectivity index (χ0v) is 10.8. The molecule has 0 saturated heterocycles. The van der Waals surface area contributed by atoms with E-state index in [1.54, 1.807) is 17.8 Å². The number of aromatic carboxylic acids is 1. The molecule has 0 saturated carbocycles. The molecule has 2 heterocycles. The summed E-state index contributed by atoms with van der Waals surface area (Å²) in [6.45, 7) is 0. The smallest absolute Gasteiger partial charge is 0.354 e. The summed E-state index contributed by atoms with van der Waals surface area (Å²) in [6, 6.07) is 5.51. The first-order valence-corrected chi connectivity index (χ1v) is 6.72. The quantitative estimate of drug-likeness (QED) is 0.867. The monoisotopic (exact) mass is 281 g/mol. The van der Waals surface area contributed by atoms with E-state index < -0.39 is 16.0 Å². The Morgan fingerprint density at radius 1 is 1.37 bits per heavy atom. The predicted octanol–water partition coefficient (Wildman–Crippen LogP) is 0.919. The van der Waals surface area contributed by atoms with Crippen molar-refractivity contribution in [3.05, 3.63) is 42.4 Å². The van der Waals surface area contributed by atoms with Gasteiger partial charge in [0, 0.05) is 19.4 Å². The van der Waals surface area contributed by atoms with Gasteiger partial charge >= 0.3 is 5.97 Å². The second-order valence-corrected chi connectivity index (χ2v) is 5.51. The lowest BCUT2D eigenvalue weighted by Crippen LogP contribution is -2.14. The van der Waals surface area contributed by atoms with E-state index in [-0.39, 0.29) is 16.4 Å². The van der Waals surface area contributed by atoms with Crippen molar-refractivity contribution in [2.24, 2.45) is 7.05 Å². The molecule has 19 heavy (non-hydrogen) atoms. The van der Waals surface area contributed by atoms with Crippen molar-refractivity contribution < 1.29 is 18.3 Å². The fourth-order valence-electron chi connectivity index (χ4n) is 1.44. The molecule has 0 fully saturated rings. The van der Waals surface area contributed by atoms with Crippen molar-refractivity contribution in [1.29, 1.82) is 0 Å². The number of aromatic nitrogens is 2. The van der Waals surface area contributed by atoms with Crippen LogP contribution in [0.25, 0.3) is 0 Å². The van der Waals surface area contributed by atoms with E-state index in [1.165, 1.54) is 30.5 Å². The summed E-state index contributed by atoms with van der Waals surface area (Å²) in [6.07, 6.45) is 3.03. The van der Waals surface area contributed by atoms with Gasteiger partial charge in [0.25, 0.3) is 10.0 Å². The second kappa shape index (κ2) is 4.73. The second-order valence-electron chi connectivity index (χ2n) is 3.83. The van der Waals surface area contributed by atoms with Crippen LogP contribution in [0.5, 0.6) is 0 Å². The minimum Gasteiger partial charge on any atom is -0.477 e. The van der Waals surface area contributed by atoms with Crippen molar-refractivity contribution in [3.8, 4) is 0 Å². The molecule has 100 valence electrons. The number of carboxylic acid groups (broad SMARTS) is 1. The lowest BCUT2D eigenvalue weighted by molar-refractivity contribution is 0.0690. The van der Waals surface area contributed by atoms with Gasteiger partial charge in [-0.2, -0.15) is 0 Å². The fraction of sp³-hybridized carbons (Fsp3) is 0.0909. The summed E-state index contributed by atoms with van der Waals surface area (Å²) < 4.78 is 27.8. The minimum atomic E-state index is -3.76. The van der Waals surface area contributed by atoms with E-state index >= 15 is 0 Å². The highest BCUT2D eigenvalue weighted by Gasteiger charge is 2.16. The molecule has 2 aromatic heterocycles. The fourth-order valence-corrected chi connectivity index (χ4v) is 2.50. The standard InChI is InChI=1S/C11H11N3O4S/c1-14-6-5-8(7-14)19(17,18)13-10-4-2-3-9(12-10)11(15)16/h2-7H,1H3,(H,12,13)(H,15,16). The van der Waals surface area contributed by atoms with E-state index in [4.69, 9.17) is 5.11 Å². The SMILES string of the molecule is Cn1ccc(S(=O)(=O)Nc2cccc(C(=O)O)n2)c1. The molecule has 0 unspecified atom stereocenters. The van der Waals surface area contributed by atoms with Crippen LogP contribution in [0.2, 0.25) is 0 Å². The molecule has 0 aliphatic heterocycles. The van der Waals surface area contributed by atoms with E-state index in [0.29, 0.717) is 0 Å². The van der Waals surface area contributed by atoms with Gasteiger partial charge in [-0.3, -0.25) is 4.72 Å². The van der Waals surface area contributed by atoms with Gasteiger partial charge in [0.15, 0.2) is 5.69 Å². The van der Waals surface area contributed by atoms with Gasteiger partial charge in [0.2, 0.25) is 0 Å². The summed E-state index contributed by atoms with van der Waals surface area (Å²) in [4.78, 5) is 14.5. The molecule has 0 amide bonds. The van der Waals surface area contributed by atoms with Crippen LogP contribution >= 0.6 is 0 Å². The van der Waals surface area contributed by atoms with Gasteiger partial charge < -0.3 is 9.67 Å². The highest BCUT2D eigenvalue weighted by molar-refractivity contribution is 7.92. The van der Waals surface area contributed by atoms with Crippen molar-refractivity contribution in [2.45, 2.75) is 4.90 Å². The third-order valence-corrected chi connectivity index (χ3v) is 3.66. The summed E-state index contributed by atoms with van der Waals surface area (Å²) >= 11 is 0. The molecule has 0 aliphatic rings. The maximum absolute atomic E-state index is 12.0. The lowest BCUT2D eigenvalue weighted by atomic mass is 10.3. The molecule has 7 nitrogen and oxygen atoms in total. The van der Waals surface area contributed by atoms with Gasteiger partial charge in [-0.1, -0.05) is 6.07 Å². The molecule has 0 aromatic carbocycles. The van der Waals surface area contributed by atoms with E-state index in [2.05, 4.69) is 9.71 Å². The number of hydrogen-bond acceptors (Lipinski definition) is 4. The summed E-state index contributed by atoms with van der Waals surface area (Å²) in [5.41, 5.74) is -0.228. The Kier molecular flexibility index (Phi) is 3.26. The molecule has 2 rings (SSSR count). The first-order valence-electron chi connectivity index (χ1n) is 5.23. The summed E-state index contributed by atoms with van der Waals surface area (Å²) in [5, 5.41) is 8.78. The van der Waals surface area contributed by atoms with Crippen LogP contribution in [0.15, 0.2) is 41.6 Å². The zero-order chi connectivity index (χ0) is 14.0. The highest BCUT2D eigenvalue weighted by atomic mass is 32.2. The third-order valence-electron chi connectivity index (χ3n) is 2.32. The summed E-state index contributed by atoms with van der Waals surface area (Å²) in [7, 11) is -2.06. The molecule has 2 N–H and O–H groups in total. The average molecular weight is 281 g/mol. The molecule has 2 aromatic rings. The van der Waals surface area contributed by atoms with Crippen LogP contribution in [0.3, 0.4) is 0 Å². The molecule has 0 radical (unpaired) electrons. The molecule has 0 bridgehead atoms.